The van der Waals surface area contributed by atoms with Gasteiger partial charge in [0.2, 0.25) is 0 Å². The molecule has 2 rings (SSSR count). The molecule has 1 heterocycles. The van der Waals surface area contributed by atoms with Crippen LogP contribution < -0.4 is 15.2 Å². The molecule has 0 aliphatic heterocycles. The summed E-state index contributed by atoms with van der Waals surface area (Å²) in [5.74, 6) is 0.0146. The lowest BCUT2D eigenvalue weighted by Gasteiger charge is -2.09. The van der Waals surface area contributed by atoms with E-state index in [4.69, 9.17) is 20.3 Å². The molecule has 100 valence electrons. The molecule has 0 saturated carbocycles. The third-order valence-electron chi connectivity index (χ3n) is 2.68. The van der Waals surface area contributed by atoms with Crippen LogP contribution in [0.3, 0.4) is 0 Å². The van der Waals surface area contributed by atoms with Crippen LogP contribution in [-0.4, -0.2) is 35.5 Å². The summed E-state index contributed by atoms with van der Waals surface area (Å²) >= 11 is 0. The number of hydrogen-bond donors (Lipinski definition) is 3. The highest BCUT2D eigenvalue weighted by atomic mass is 16.5. The molecular formula is C12H13N3O4. The lowest BCUT2D eigenvalue weighted by molar-refractivity contribution is 0.0691. The van der Waals surface area contributed by atoms with E-state index in [0.717, 1.165) is 0 Å². The molecule has 0 fully saturated rings. The van der Waals surface area contributed by atoms with Gasteiger partial charge in [0.25, 0.3) is 0 Å². The number of nitrogens with one attached hydrogen (secondary N) is 1. The number of carboxylic acid groups (broad SMARTS) is 1. The van der Waals surface area contributed by atoms with E-state index in [9.17, 15) is 4.79 Å². The zero-order valence-corrected chi connectivity index (χ0v) is 10.4. The maximum absolute atomic E-state index is 11.1. The number of aromatic amines is 1. The van der Waals surface area contributed by atoms with Gasteiger partial charge in [0.05, 0.1) is 19.8 Å². The van der Waals surface area contributed by atoms with Gasteiger partial charge in [-0.1, -0.05) is 6.07 Å². The molecule has 1 aromatic heterocycles. The first-order chi connectivity index (χ1) is 9.08. The molecule has 4 N–H and O–H groups in total. The molecule has 0 bridgehead atoms. The highest BCUT2D eigenvalue weighted by Crippen LogP contribution is 2.35. The van der Waals surface area contributed by atoms with Gasteiger partial charge in [-0.3, -0.25) is 5.10 Å². The first-order valence-electron chi connectivity index (χ1n) is 5.38. The van der Waals surface area contributed by atoms with Gasteiger partial charge in [0.1, 0.15) is 0 Å². The van der Waals surface area contributed by atoms with Gasteiger partial charge in [-0.25, -0.2) is 4.79 Å². The van der Waals surface area contributed by atoms with Crippen molar-refractivity contribution in [2.24, 2.45) is 0 Å². The van der Waals surface area contributed by atoms with Crippen molar-refractivity contribution in [3.8, 4) is 22.6 Å². The summed E-state index contributed by atoms with van der Waals surface area (Å²) in [5.41, 5.74) is 6.54. The zero-order valence-electron chi connectivity index (χ0n) is 10.4. The minimum Gasteiger partial charge on any atom is -0.493 e. The number of carbonyl (C=O) groups is 1. The average molecular weight is 263 g/mol. The minimum atomic E-state index is -1.13. The van der Waals surface area contributed by atoms with Crippen molar-refractivity contribution < 1.29 is 19.4 Å². The van der Waals surface area contributed by atoms with E-state index in [1.807, 2.05) is 0 Å². The van der Waals surface area contributed by atoms with Crippen molar-refractivity contribution in [3.63, 3.8) is 0 Å². The Labute approximate surface area is 109 Å². The summed E-state index contributed by atoms with van der Waals surface area (Å²) in [6, 6.07) is 5.01. The second-order valence-corrected chi connectivity index (χ2v) is 3.73. The Hall–Kier alpha value is -2.70. The fourth-order valence-electron chi connectivity index (χ4n) is 1.79. The molecule has 0 aliphatic rings. The second-order valence-electron chi connectivity index (χ2n) is 3.73. The Bertz CT molecular complexity index is 621. The van der Waals surface area contributed by atoms with E-state index in [1.54, 1.807) is 18.2 Å². The van der Waals surface area contributed by atoms with Crippen molar-refractivity contribution in [1.82, 2.24) is 10.2 Å². The zero-order chi connectivity index (χ0) is 14.0. The van der Waals surface area contributed by atoms with Gasteiger partial charge in [-0.05, 0) is 17.7 Å². The molecule has 0 amide bonds. The standard InChI is InChI=1S/C12H13N3O4/c1-18-7-4-3-6(5-8(7)19-2)9-10(12(16)17)14-15-11(9)13/h3-5H,1-2H3,(H,16,17)(H3,13,14,15). The largest absolute Gasteiger partial charge is 0.493 e. The Kier molecular flexibility index (Phi) is 3.28. The van der Waals surface area contributed by atoms with Gasteiger partial charge in [0.15, 0.2) is 23.0 Å². The van der Waals surface area contributed by atoms with Crippen molar-refractivity contribution in [2.45, 2.75) is 0 Å². The summed E-state index contributed by atoms with van der Waals surface area (Å²) in [5, 5.41) is 15.2. The van der Waals surface area contributed by atoms with Crippen molar-refractivity contribution in [2.75, 3.05) is 20.0 Å². The van der Waals surface area contributed by atoms with Crippen LogP contribution in [0.15, 0.2) is 18.2 Å². The Balaban J connectivity index is 2.59. The van der Waals surface area contributed by atoms with Crippen LogP contribution in [-0.2, 0) is 0 Å². The number of nitrogens with two attached hydrogens (primary N) is 1. The first-order valence-corrected chi connectivity index (χ1v) is 5.38. The third-order valence-corrected chi connectivity index (χ3v) is 2.68. The topological polar surface area (TPSA) is 110 Å². The number of nitrogens with zero attached hydrogens (tertiary/aromatic N) is 1. The van der Waals surface area contributed by atoms with Crippen LogP contribution in [0.25, 0.3) is 11.1 Å². The Morgan fingerprint density at radius 1 is 1.32 bits per heavy atom. The van der Waals surface area contributed by atoms with E-state index in [0.29, 0.717) is 22.6 Å². The van der Waals surface area contributed by atoms with E-state index in [1.165, 1.54) is 14.2 Å². The van der Waals surface area contributed by atoms with E-state index in [-0.39, 0.29) is 11.5 Å². The molecule has 0 radical (unpaired) electrons. The monoisotopic (exact) mass is 263 g/mol. The number of benzene rings is 1. The van der Waals surface area contributed by atoms with Gasteiger partial charge in [-0.2, -0.15) is 5.10 Å². The maximum atomic E-state index is 11.1. The maximum Gasteiger partial charge on any atom is 0.354 e. The Morgan fingerprint density at radius 2 is 2.00 bits per heavy atom. The number of aromatic nitrogens is 2. The number of nitrogen functional groups attached to an aromatic ring is 1. The molecule has 7 nitrogen and oxygen atoms in total. The molecule has 19 heavy (non-hydrogen) atoms. The fourth-order valence-corrected chi connectivity index (χ4v) is 1.79. The van der Waals surface area contributed by atoms with Crippen LogP contribution in [0.5, 0.6) is 11.5 Å². The summed E-state index contributed by atoms with van der Waals surface area (Å²) < 4.78 is 10.3. The van der Waals surface area contributed by atoms with Gasteiger partial charge >= 0.3 is 5.97 Å². The smallest absolute Gasteiger partial charge is 0.354 e. The number of methoxy groups -OCH3 is 2. The first kappa shape index (κ1) is 12.7. The minimum absolute atomic E-state index is 0.0651. The van der Waals surface area contributed by atoms with Crippen LogP contribution in [0.1, 0.15) is 10.5 Å². The number of hydrogen-bond acceptors (Lipinski definition) is 5. The summed E-state index contributed by atoms with van der Waals surface area (Å²) in [7, 11) is 3.02. The van der Waals surface area contributed by atoms with Crippen molar-refractivity contribution in [3.05, 3.63) is 23.9 Å². The Morgan fingerprint density at radius 3 is 2.58 bits per heavy atom. The molecule has 0 aliphatic carbocycles. The summed E-state index contributed by atoms with van der Waals surface area (Å²) in [6.07, 6.45) is 0. The van der Waals surface area contributed by atoms with E-state index >= 15 is 0 Å². The predicted octanol–water partition coefficient (Wildman–Crippen LogP) is 1.37. The molecule has 0 saturated heterocycles. The van der Waals surface area contributed by atoms with Gasteiger partial charge in [-0.15, -0.1) is 0 Å². The molecule has 0 spiro atoms. The quantitative estimate of drug-likeness (QED) is 0.768. The number of aromatic carboxylic acids is 1. The summed E-state index contributed by atoms with van der Waals surface area (Å²) in [6.45, 7) is 0. The highest BCUT2D eigenvalue weighted by Gasteiger charge is 2.19. The molecular weight excluding hydrogens is 250 g/mol. The highest BCUT2D eigenvalue weighted by molar-refractivity contribution is 5.97. The normalized spacial score (nSPS) is 10.2. The second kappa shape index (κ2) is 4.89. The number of ether oxygens (including phenoxy) is 2. The number of rotatable bonds is 4. The lowest BCUT2D eigenvalue weighted by atomic mass is 10.0. The molecule has 7 heteroatoms. The van der Waals surface area contributed by atoms with E-state index < -0.39 is 5.97 Å². The lowest BCUT2D eigenvalue weighted by Crippen LogP contribution is -2.00. The number of anilines is 1. The number of H-pyrrole nitrogens is 1. The molecule has 2 aromatic rings. The van der Waals surface area contributed by atoms with Crippen LogP contribution >= 0.6 is 0 Å². The third kappa shape index (κ3) is 2.17. The van der Waals surface area contributed by atoms with Crippen molar-refractivity contribution in [1.29, 1.82) is 0 Å². The van der Waals surface area contributed by atoms with Crippen molar-refractivity contribution >= 4 is 11.8 Å². The molecule has 1 aromatic carbocycles. The van der Waals surface area contributed by atoms with Crippen LogP contribution in [0.4, 0.5) is 5.82 Å². The molecule has 0 atom stereocenters. The average Bonchev–Trinajstić information content (AvgIpc) is 2.80. The van der Waals surface area contributed by atoms with E-state index in [2.05, 4.69) is 10.2 Å². The SMILES string of the molecule is COc1ccc(-c2c(N)n[nH]c2C(=O)O)cc1OC. The number of carboxylic acids is 1. The van der Waals surface area contributed by atoms with Gasteiger partial charge in [0, 0.05) is 0 Å². The van der Waals surface area contributed by atoms with Gasteiger partial charge < -0.3 is 20.3 Å². The molecule has 0 unspecified atom stereocenters. The predicted molar refractivity (Wildman–Crippen MR) is 68.5 cm³/mol. The fraction of sp³-hybridized carbons (Fsp3) is 0.167. The van der Waals surface area contributed by atoms with Crippen LogP contribution in [0, 0.1) is 0 Å². The summed E-state index contributed by atoms with van der Waals surface area (Å²) in [4.78, 5) is 11.1. The van der Waals surface area contributed by atoms with Crippen LogP contribution in [0.2, 0.25) is 0 Å².